The van der Waals surface area contributed by atoms with Gasteiger partial charge < -0.3 is 0 Å². The van der Waals surface area contributed by atoms with Crippen LogP contribution < -0.4 is 0 Å². The van der Waals surface area contributed by atoms with Crippen LogP contribution in [0.1, 0.15) is 0 Å². The average Bonchev–Trinajstić information content (AvgIpc) is 0.722. The van der Waals surface area contributed by atoms with Crippen molar-refractivity contribution < 1.29 is 10.0 Å². The maximum absolute atomic E-state index is 9.91. The number of hydrogen-bond donors (Lipinski definition) is 0. The Bertz CT molecular complexity index is 23.0. The zero-order valence-electron chi connectivity index (χ0n) is 2.42. The van der Waals surface area contributed by atoms with Crippen molar-refractivity contribution in [2.45, 2.75) is 0 Å². The molecule has 40 valence electrons. The Morgan fingerprint density at radius 1 is 0.833 bits per heavy atom. The minimum atomic E-state index is -7.28. The quantitative estimate of drug-likeness (QED) is 0.471. The van der Waals surface area contributed by atoms with Gasteiger partial charge in [0.05, 0.1) is 0 Å². The van der Waals surface area contributed by atoms with Gasteiger partial charge in [-0.2, -0.15) is 0 Å². The van der Waals surface area contributed by atoms with Gasteiger partial charge in [-0.05, 0) is 0 Å². The van der Waals surface area contributed by atoms with Crippen molar-refractivity contribution >= 4 is 36.1 Å². The second kappa shape index (κ2) is 3.00. The summed E-state index contributed by atoms with van der Waals surface area (Å²) in [7, 11) is 0. The minimum absolute atomic E-state index is 0. The molecule has 0 atom stereocenters. The second-order valence-electron chi connectivity index (χ2n) is 0.429. The van der Waals surface area contributed by atoms with Crippen molar-refractivity contribution in [3.05, 3.63) is 0 Å². The van der Waals surface area contributed by atoms with E-state index in [0.717, 1.165) is 0 Å². The van der Waals surface area contributed by atoms with Crippen LogP contribution in [-0.2, 0) is 0 Å². The van der Waals surface area contributed by atoms with Crippen molar-refractivity contribution in [1.29, 1.82) is 0 Å². The molecule has 0 saturated carbocycles. The van der Waals surface area contributed by atoms with Gasteiger partial charge in [0, 0.05) is 0 Å². The van der Waals surface area contributed by atoms with Crippen LogP contribution in [0.15, 0.2) is 0 Å². The van der Waals surface area contributed by atoms with E-state index in [1.807, 2.05) is 0 Å². The molecule has 0 heterocycles. The van der Waals surface area contributed by atoms with Crippen molar-refractivity contribution in [2.75, 3.05) is 0 Å². The van der Waals surface area contributed by atoms with Gasteiger partial charge in [0.2, 0.25) is 0 Å². The zero-order valence-corrected chi connectivity index (χ0v) is 7.12. The third kappa shape index (κ3) is 87.8. The first-order valence-electron chi connectivity index (χ1n) is 0.756. The number of hydrogen-bond acceptors (Lipinski definition) is 0. The van der Waals surface area contributed by atoms with E-state index in [4.69, 9.17) is 0 Å². The fraction of sp³-hybridized carbons (Fsp3) is 0. The number of rotatable bonds is 0. The Hall–Kier alpha value is 0.932. The van der Waals surface area contributed by atoms with Crippen molar-refractivity contribution in [3.63, 3.8) is 0 Å². The van der Waals surface area contributed by atoms with E-state index in [-0.39, 0.29) is 12.4 Å². The van der Waals surface area contributed by atoms with Gasteiger partial charge in [0.25, 0.3) is 0 Å². The van der Waals surface area contributed by atoms with Crippen LogP contribution in [0, 0.1) is 0 Å². The van der Waals surface area contributed by atoms with Crippen LogP contribution in [0.5, 0.6) is 0 Å². The van der Waals surface area contributed by atoms with Crippen LogP contribution >= 0.6 is 12.4 Å². The fourth-order valence-corrected chi connectivity index (χ4v) is 0. The van der Waals surface area contributed by atoms with Crippen molar-refractivity contribution in [3.8, 4) is 0 Å². The van der Waals surface area contributed by atoms with E-state index in [2.05, 4.69) is 0 Å². The molecule has 0 radical (unpaired) electrons. The molecule has 0 spiro atoms. The van der Waals surface area contributed by atoms with Gasteiger partial charge in [0.1, 0.15) is 0 Å². The molecular formula is HClF4Pb. The zero-order chi connectivity index (χ0) is 4.50. The first kappa shape index (κ1) is 10.0. The van der Waals surface area contributed by atoms with Gasteiger partial charge in [0.15, 0.2) is 0 Å². The van der Waals surface area contributed by atoms with E-state index < -0.39 is 23.7 Å². The summed E-state index contributed by atoms with van der Waals surface area (Å²) in [5.41, 5.74) is 0. The van der Waals surface area contributed by atoms with Gasteiger partial charge in [-0.25, -0.2) is 0 Å². The molecule has 6 heavy (non-hydrogen) atoms. The predicted octanol–water partition coefficient (Wildman–Crippen LogP) is 1.72. The monoisotopic (exact) mass is 320 g/mol. The Morgan fingerprint density at radius 2 is 0.833 bits per heavy atom. The van der Waals surface area contributed by atoms with Crippen LogP contribution in [0.25, 0.3) is 0 Å². The normalized spacial score (nSPS) is 10.0. The Morgan fingerprint density at radius 3 is 0.833 bits per heavy atom. The maximum atomic E-state index is 9.91. The second-order valence-corrected chi connectivity index (χ2v) is 3.76. The Kier molecular flexibility index (Phi) is 5.02. The van der Waals surface area contributed by atoms with Gasteiger partial charge in [-0.1, -0.05) is 0 Å². The van der Waals surface area contributed by atoms with Crippen LogP contribution in [0.4, 0.5) is 10.0 Å². The van der Waals surface area contributed by atoms with Crippen molar-refractivity contribution in [1.82, 2.24) is 0 Å². The van der Waals surface area contributed by atoms with Crippen LogP contribution in [-0.4, -0.2) is 23.7 Å². The van der Waals surface area contributed by atoms with Crippen LogP contribution in [0.2, 0.25) is 0 Å². The molecule has 0 aliphatic rings. The molecule has 0 unspecified atom stereocenters. The SMILES string of the molecule is Cl.[F][Pb]([F])([F])[F]. The summed E-state index contributed by atoms with van der Waals surface area (Å²) in [4.78, 5) is 0. The molecule has 0 aliphatic heterocycles. The molecule has 0 fully saturated rings. The molecule has 0 nitrogen and oxygen atoms in total. The summed E-state index contributed by atoms with van der Waals surface area (Å²) in [5.74, 6) is 0. The topological polar surface area (TPSA) is 0 Å². The summed E-state index contributed by atoms with van der Waals surface area (Å²) in [6, 6.07) is 0. The van der Waals surface area contributed by atoms with E-state index in [0.29, 0.717) is 0 Å². The van der Waals surface area contributed by atoms with Gasteiger partial charge >= 0.3 is 33.7 Å². The van der Waals surface area contributed by atoms with E-state index in [9.17, 15) is 10.0 Å². The van der Waals surface area contributed by atoms with Gasteiger partial charge in [-0.3, -0.25) is 0 Å². The van der Waals surface area contributed by atoms with Gasteiger partial charge in [-0.15, -0.1) is 12.4 Å². The molecule has 6 heteroatoms. The third-order valence-corrected chi connectivity index (χ3v) is 0. The standard InChI is InChI=1S/ClH.4FH.Pb/h5*1H;/q;;;;;+4/p-4. The molecule has 0 rings (SSSR count). The predicted molar refractivity (Wildman–Crippen MR) is 17.4 cm³/mol. The Labute approximate surface area is 46.3 Å². The fourth-order valence-electron chi connectivity index (χ4n) is 0. The summed E-state index contributed by atoms with van der Waals surface area (Å²) in [6.07, 6.45) is 0. The molecular weight excluding hydrogens is 319 g/mol. The molecule has 0 aliphatic carbocycles. The average molecular weight is 320 g/mol. The van der Waals surface area contributed by atoms with Crippen LogP contribution in [0.3, 0.4) is 0 Å². The van der Waals surface area contributed by atoms with E-state index >= 15 is 0 Å². The van der Waals surface area contributed by atoms with E-state index in [1.54, 1.807) is 0 Å². The summed E-state index contributed by atoms with van der Waals surface area (Å²) in [6.45, 7) is 0. The summed E-state index contributed by atoms with van der Waals surface area (Å²) in [5, 5.41) is 0. The Balaban J connectivity index is 0. The summed E-state index contributed by atoms with van der Waals surface area (Å²) >= 11 is -7.28. The molecule has 0 aromatic heterocycles. The first-order chi connectivity index (χ1) is 2.00. The molecule has 0 aromatic rings. The molecule has 0 bridgehead atoms. The third-order valence-electron chi connectivity index (χ3n) is 0. The van der Waals surface area contributed by atoms with E-state index in [1.165, 1.54) is 0 Å². The van der Waals surface area contributed by atoms with Crippen molar-refractivity contribution in [2.24, 2.45) is 0 Å². The number of halogens is 5. The molecule has 0 amide bonds. The molecule has 0 N–H and O–H groups in total. The molecule has 0 aromatic carbocycles. The first-order valence-corrected chi connectivity index (χ1v) is 6.63. The summed E-state index contributed by atoms with van der Waals surface area (Å²) < 4.78 is 39.6. The molecule has 0 saturated heterocycles.